The molecule has 150 valence electrons. The standard InChI is InChI=1S/C21H36O5/c1-6-16-19-12-8-13(14(9-12)20(19)17(7-2)26-16)15(22)10-18(23)24-11-25-21(3,4)5/h12-17,19-20,22H,6-11H2,1-5H3. The van der Waals surface area contributed by atoms with Crippen LogP contribution in [0.2, 0.25) is 0 Å². The Morgan fingerprint density at radius 3 is 2.42 bits per heavy atom. The number of aliphatic hydroxyl groups is 1. The second-order valence-electron chi connectivity index (χ2n) is 9.41. The third-order valence-corrected chi connectivity index (χ3v) is 6.78. The molecule has 1 aliphatic heterocycles. The van der Waals surface area contributed by atoms with Crippen molar-refractivity contribution in [2.75, 3.05) is 6.79 Å². The van der Waals surface area contributed by atoms with Crippen LogP contribution in [0.4, 0.5) is 0 Å². The van der Waals surface area contributed by atoms with Gasteiger partial charge in [-0.3, -0.25) is 4.79 Å². The number of fused-ring (bicyclic) bond motifs is 5. The molecule has 3 rings (SSSR count). The maximum absolute atomic E-state index is 12.1. The molecule has 0 radical (unpaired) electrons. The lowest BCUT2D eigenvalue weighted by Crippen LogP contribution is -2.38. The molecule has 0 aromatic rings. The summed E-state index contributed by atoms with van der Waals surface area (Å²) in [7, 11) is 0. The van der Waals surface area contributed by atoms with E-state index in [0.717, 1.165) is 19.3 Å². The maximum atomic E-state index is 12.1. The van der Waals surface area contributed by atoms with Crippen LogP contribution in [0, 0.1) is 29.6 Å². The van der Waals surface area contributed by atoms with Crippen molar-refractivity contribution in [2.24, 2.45) is 29.6 Å². The Bertz CT molecular complexity index is 499. The lowest BCUT2D eigenvalue weighted by atomic mass is 9.69. The highest BCUT2D eigenvalue weighted by molar-refractivity contribution is 5.69. The highest BCUT2D eigenvalue weighted by Gasteiger charge is 2.61. The highest BCUT2D eigenvalue weighted by atomic mass is 16.7. The number of hydrogen-bond donors (Lipinski definition) is 1. The Balaban J connectivity index is 1.54. The van der Waals surface area contributed by atoms with Gasteiger partial charge in [-0.05, 0) is 76.0 Å². The molecule has 8 unspecified atom stereocenters. The Morgan fingerprint density at radius 1 is 1.15 bits per heavy atom. The average molecular weight is 369 g/mol. The minimum Gasteiger partial charge on any atom is -0.438 e. The van der Waals surface area contributed by atoms with Crippen LogP contribution >= 0.6 is 0 Å². The minimum atomic E-state index is -0.619. The van der Waals surface area contributed by atoms with E-state index < -0.39 is 6.10 Å². The topological polar surface area (TPSA) is 65.0 Å². The van der Waals surface area contributed by atoms with Crippen molar-refractivity contribution < 1.29 is 24.1 Å². The normalized spacial score (nSPS) is 39.8. The van der Waals surface area contributed by atoms with Gasteiger partial charge in [0, 0.05) is 0 Å². The zero-order valence-electron chi connectivity index (χ0n) is 16.9. The second-order valence-corrected chi connectivity index (χ2v) is 9.41. The molecule has 0 amide bonds. The van der Waals surface area contributed by atoms with Gasteiger partial charge in [0.25, 0.3) is 0 Å². The number of rotatable bonds is 7. The Labute approximate surface area is 157 Å². The maximum Gasteiger partial charge on any atom is 0.310 e. The van der Waals surface area contributed by atoms with Crippen molar-refractivity contribution in [1.82, 2.24) is 0 Å². The third-order valence-electron chi connectivity index (χ3n) is 6.78. The van der Waals surface area contributed by atoms with Gasteiger partial charge in [0.2, 0.25) is 0 Å². The summed E-state index contributed by atoms with van der Waals surface area (Å²) in [5.74, 6) is 2.17. The fourth-order valence-corrected chi connectivity index (χ4v) is 5.81. The number of carbonyl (C=O) groups is 1. The molecule has 2 bridgehead atoms. The molecule has 0 spiro atoms. The largest absolute Gasteiger partial charge is 0.438 e. The predicted octanol–water partition coefficient (Wildman–Crippen LogP) is 3.53. The number of hydrogen-bond acceptors (Lipinski definition) is 5. The van der Waals surface area contributed by atoms with Crippen LogP contribution in [0.3, 0.4) is 0 Å². The fraction of sp³-hybridized carbons (Fsp3) is 0.952. The van der Waals surface area contributed by atoms with E-state index in [2.05, 4.69) is 13.8 Å². The zero-order valence-corrected chi connectivity index (χ0v) is 16.9. The molecule has 2 aliphatic carbocycles. The lowest BCUT2D eigenvalue weighted by molar-refractivity contribution is -0.170. The Morgan fingerprint density at radius 2 is 1.81 bits per heavy atom. The van der Waals surface area contributed by atoms with E-state index in [1.54, 1.807) is 0 Å². The van der Waals surface area contributed by atoms with E-state index in [9.17, 15) is 9.90 Å². The molecule has 8 atom stereocenters. The summed E-state index contributed by atoms with van der Waals surface area (Å²) in [6, 6.07) is 0. The first-order chi connectivity index (χ1) is 12.2. The molecular formula is C21H36O5. The summed E-state index contributed by atoms with van der Waals surface area (Å²) in [5.41, 5.74) is -0.341. The number of carbonyl (C=O) groups excluding carboxylic acids is 1. The average Bonchev–Trinajstić information content (AvgIpc) is 3.23. The van der Waals surface area contributed by atoms with Crippen LogP contribution < -0.4 is 0 Å². The monoisotopic (exact) mass is 368 g/mol. The smallest absolute Gasteiger partial charge is 0.310 e. The van der Waals surface area contributed by atoms with Crippen LogP contribution in [0.15, 0.2) is 0 Å². The van der Waals surface area contributed by atoms with E-state index in [0.29, 0.717) is 35.9 Å². The van der Waals surface area contributed by atoms with E-state index >= 15 is 0 Å². The Kier molecular flexibility index (Phi) is 6.00. The molecule has 0 aromatic carbocycles. The van der Waals surface area contributed by atoms with Gasteiger partial charge in [-0.2, -0.15) is 0 Å². The van der Waals surface area contributed by atoms with Gasteiger partial charge in [-0.15, -0.1) is 0 Å². The second kappa shape index (κ2) is 7.76. The van der Waals surface area contributed by atoms with Crippen LogP contribution in [-0.2, 0) is 19.0 Å². The molecule has 5 nitrogen and oxygen atoms in total. The summed E-state index contributed by atoms with van der Waals surface area (Å²) in [4.78, 5) is 12.1. The summed E-state index contributed by atoms with van der Waals surface area (Å²) >= 11 is 0. The molecule has 1 heterocycles. The zero-order chi connectivity index (χ0) is 19.1. The Hall–Kier alpha value is -0.650. The lowest BCUT2D eigenvalue weighted by Gasteiger charge is -2.36. The van der Waals surface area contributed by atoms with E-state index in [1.807, 2.05) is 20.8 Å². The van der Waals surface area contributed by atoms with Crippen LogP contribution in [-0.4, -0.2) is 41.8 Å². The van der Waals surface area contributed by atoms with Crippen molar-refractivity contribution in [1.29, 1.82) is 0 Å². The molecule has 3 aliphatic rings. The SMILES string of the molecule is CCC1OC(CC)C2C3CC(CC3C(O)CC(=O)OCOC(C)(C)C)C12. The van der Waals surface area contributed by atoms with Gasteiger partial charge < -0.3 is 19.3 Å². The first kappa shape index (κ1) is 20.1. The van der Waals surface area contributed by atoms with Crippen molar-refractivity contribution in [3.8, 4) is 0 Å². The van der Waals surface area contributed by atoms with Gasteiger partial charge >= 0.3 is 5.97 Å². The summed E-state index contributed by atoms with van der Waals surface area (Å²) in [6.45, 7) is 10.1. The van der Waals surface area contributed by atoms with Gasteiger partial charge in [-0.25, -0.2) is 0 Å². The van der Waals surface area contributed by atoms with Crippen LogP contribution in [0.1, 0.15) is 66.7 Å². The quantitative estimate of drug-likeness (QED) is 0.550. The molecule has 5 heteroatoms. The van der Waals surface area contributed by atoms with E-state index in [-0.39, 0.29) is 30.7 Å². The highest BCUT2D eigenvalue weighted by Crippen LogP contribution is 2.62. The predicted molar refractivity (Wildman–Crippen MR) is 98.3 cm³/mol. The summed E-state index contributed by atoms with van der Waals surface area (Å²) in [6.07, 6.45) is 4.48. The number of aliphatic hydroxyl groups excluding tert-OH is 1. The summed E-state index contributed by atoms with van der Waals surface area (Å²) < 4.78 is 16.9. The van der Waals surface area contributed by atoms with Crippen LogP contribution in [0.5, 0.6) is 0 Å². The number of ether oxygens (including phenoxy) is 3. The first-order valence-electron chi connectivity index (χ1n) is 10.4. The molecular weight excluding hydrogens is 332 g/mol. The molecule has 1 saturated heterocycles. The first-order valence-corrected chi connectivity index (χ1v) is 10.4. The van der Waals surface area contributed by atoms with Crippen molar-refractivity contribution in [2.45, 2.75) is 90.6 Å². The molecule has 3 fully saturated rings. The van der Waals surface area contributed by atoms with E-state index in [4.69, 9.17) is 14.2 Å². The minimum absolute atomic E-state index is 0.0552. The van der Waals surface area contributed by atoms with Gasteiger partial charge in [-0.1, -0.05) is 13.8 Å². The van der Waals surface area contributed by atoms with Crippen LogP contribution in [0.25, 0.3) is 0 Å². The third kappa shape index (κ3) is 3.95. The van der Waals surface area contributed by atoms with Gasteiger partial charge in [0.1, 0.15) is 0 Å². The van der Waals surface area contributed by atoms with E-state index in [1.165, 1.54) is 6.42 Å². The molecule has 1 N–H and O–H groups in total. The van der Waals surface area contributed by atoms with Crippen molar-refractivity contribution in [3.63, 3.8) is 0 Å². The van der Waals surface area contributed by atoms with Crippen molar-refractivity contribution >= 4 is 5.97 Å². The van der Waals surface area contributed by atoms with Gasteiger partial charge in [0.05, 0.1) is 30.3 Å². The van der Waals surface area contributed by atoms with Gasteiger partial charge in [0.15, 0.2) is 6.79 Å². The number of esters is 1. The molecule has 26 heavy (non-hydrogen) atoms. The molecule has 2 saturated carbocycles. The fourth-order valence-electron chi connectivity index (χ4n) is 5.81. The molecule has 0 aromatic heterocycles. The van der Waals surface area contributed by atoms with Crippen molar-refractivity contribution in [3.05, 3.63) is 0 Å². The summed E-state index contributed by atoms with van der Waals surface area (Å²) in [5, 5.41) is 10.7.